The highest BCUT2D eigenvalue weighted by molar-refractivity contribution is 6.32. The van der Waals surface area contributed by atoms with Gasteiger partial charge in [-0.05, 0) is 73.4 Å². The molecule has 35 heavy (non-hydrogen) atoms. The van der Waals surface area contributed by atoms with E-state index in [1.165, 1.54) is 0 Å². The van der Waals surface area contributed by atoms with Crippen LogP contribution in [0.4, 0.5) is 23.1 Å². The number of carbonyl (C=O) groups excluding carboxylic acids is 1. The van der Waals surface area contributed by atoms with Gasteiger partial charge in [0.05, 0.1) is 24.7 Å². The summed E-state index contributed by atoms with van der Waals surface area (Å²) in [5.41, 5.74) is 3.95. The molecule has 1 saturated heterocycles. The average molecular weight is 493 g/mol. The monoisotopic (exact) mass is 492 g/mol. The first-order chi connectivity index (χ1) is 17.0. The molecule has 8 nitrogen and oxygen atoms in total. The predicted molar refractivity (Wildman–Crippen MR) is 137 cm³/mol. The molecule has 3 aromatic rings. The Morgan fingerprint density at radius 3 is 2.80 bits per heavy atom. The smallest absolute Gasteiger partial charge is 0.229 e. The lowest BCUT2D eigenvalue weighted by atomic mass is 9.94. The number of aromatic nitrogens is 3. The summed E-state index contributed by atoms with van der Waals surface area (Å²) in [7, 11) is 0. The van der Waals surface area contributed by atoms with Crippen molar-refractivity contribution in [3.05, 3.63) is 59.0 Å². The number of benzene rings is 1. The van der Waals surface area contributed by atoms with Gasteiger partial charge in [-0.1, -0.05) is 11.6 Å². The van der Waals surface area contributed by atoms with Crippen LogP contribution in [0.15, 0.2) is 42.9 Å². The van der Waals surface area contributed by atoms with Crippen LogP contribution in [-0.2, 0) is 17.6 Å². The van der Waals surface area contributed by atoms with Gasteiger partial charge in [0.2, 0.25) is 11.9 Å². The zero-order valence-electron chi connectivity index (χ0n) is 19.8. The van der Waals surface area contributed by atoms with Crippen molar-refractivity contribution >= 4 is 40.6 Å². The third-order valence-corrected chi connectivity index (χ3v) is 6.92. The van der Waals surface area contributed by atoms with Gasteiger partial charge in [0, 0.05) is 31.9 Å². The molecule has 182 valence electrons. The molecule has 2 aliphatic heterocycles. The van der Waals surface area contributed by atoms with Crippen molar-refractivity contribution < 1.29 is 9.53 Å². The summed E-state index contributed by atoms with van der Waals surface area (Å²) < 4.78 is 6.28. The highest BCUT2D eigenvalue weighted by Gasteiger charge is 2.21. The summed E-state index contributed by atoms with van der Waals surface area (Å²) in [6, 6.07) is 8.16. The van der Waals surface area contributed by atoms with Crippen LogP contribution in [0, 0.1) is 5.92 Å². The molecule has 2 aliphatic rings. The molecule has 5 rings (SSSR count). The van der Waals surface area contributed by atoms with E-state index in [9.17, 15) is 4.79 Å². The lowest BCUT2D eigenvalue weighted by Gasteiger charge is -2.31. The summed E-state index contributed by atoms with van der Waals surface area (Å²) in [6.07, 6.45) is 9.92. The van der Waals surface area contributed by atoms with Crippen molar-refractivity contribution in [3.8, 4) is 5.75 Å². The number of hydrogen-bond acceptors (Lipinski definition) is 7. The van der Waals surface area contributed by atoms with E-state index < -0.39 is 0 Å². The number of halogens is 1. The minimum Gasteiger partial charge on any atom is -0.493 e. The third kappa shape index (κ3) is 5.82. The number of amides is 1. The molecule has 2 aromatic heterocycles. The molecule has 1 aromatic carbocycles. The van der Waals surface area contributed by atoms with E-state index in [4.69, 9.17) is 16.3 Å². The second-order valence-corrected chi connectivity index (χ2v) is 9.54. The summed E-state index contributed by atoms with van der Waals surface area (Å²) >= 11 is 6.36. The van der Waals surface area contributed by atoms with Crippen LogP contribution >= 0.6 is 11.6 Å². The Kier molecular flexibility index (Phi) is 6.99. The molecule has 4 heterocycles. The molecule has 0 unspecified atom stereocenters. The summed E-state index contributed by atoms with van der Waals surface area (Å²) in [5.74, 6) is 2.63. The van der Waals surface area contributed by atoms with E-state index in [1.54, 1.807) is 19.3 Å². The highest BCUT2D eigenvalue weighted by atomic mass is 35.5. The van der Waals surface area contributed by atoms with Crippen molar-refractivity contribution in [3.63, 3.8) is 0 Å². The van der Waals surface area contributed by atoms with Gasteiger partial charge in [-0.3, -0.25) is 9.78 Å². The van der Waals surface area contributed by atoms with Crippen LogP contribution in [0.1, 0.15) is 37.3 Å². The molecular weight excluding hydrogens is 464 g/mol. The van der Waals surface area contributed by atoms with Gasteiger partial charge in [0.25, 0.3) is 0 Å². The predicted octanol–water partition coefficient (Wildman–Crippen LogP) is 5.14. The van der Waals surface area contributed by atoms with Crippen molar-refractivity contribution in [2.24, 2.45) is 5.92 Å². The maximum atomic E-state index is 11.6. The fourth-order valence-electron chi connectivity index (χ4n) is 4.62. The van der Waals surface area contributed by atoms with E-state index >= 15 is 0 Å². The molecule has 0 aliphatic carbocycles. The Bertz CT molecular complexity index is 1210. The van der Waals surface area contributed by atoms with Gasteiger partial charge in [-0.2, -0.15) is 4.98 Å². The second kappa shape index (κ2) is 10.5. The number of piperidine rings is 1. The van der Waals surface area contributed by atoms with Gasteiger partial charge in [0.1, 0.15) is 10.8 Å². The zero-order valence-corrected chi connectivity index (χ0v) is 20.5. The van der Waals surface area contributed by atoms with E-state index in [2.05, 4.69) is 37.7 Å². The van der Waals surface area contributed by atoms with Crippen molar-refractivity contribution in [2.75, 3.05) is 30.3 Å². The first kappa shape index (κ1) is 23.4. The van der Waals surface area contributed by atoms with E-state index in [0.717, 1.165) is 73.4 Å². The van der Waals surface area contributed by atoms with Crippen molar-refractivity contribution in [2.45, 2.75) is 39.0 Å². The maximum Gasteiger partial charge on any atom is 0.229 e. The SMILES string of the molecule is CC(=O)N1CCC(CCOc2ccc3cc2CCc2cncc(c2)Nc2ncc(Cl)c(n2)N3)CC1. The number of aryl methyl sites for hydroxylation is 2. The minimum atomic E-state index is 0.171. The Hall–Kier alpha value is -3.39. The van der Waals surface area contributed by atoms with Gasteiger partial charge in [-0.25, -0.2) is 4.98 Å². The molecule has 0 atom stereocenters. The van der Waals surface area contributed by atoms with Gasteiger partial charge in [0.15, 0.2) is 5.82 Å². The quantitative estimate of drug-likeness (QED) is 0.521. The summed E-state index contributed by atoms with van der Waals surface area (Å²) in [6.45, 7) is 4.00. The molecular formula is C26H29ClN6O2. The lowest BCUT2D eigenvalue weighted by Crippen LogP contribution is -2.37. The zero-order chi connectivity index (χ0) is 24.2. The molecule has 0 saturated carbocycles. The fourth-order valence-corrected chi connectivity index (χ4v) is 4.76. The van der Waals surface area contributed by atoms with Crippen LogP contribution < -0.4 is 15.4 Å². The number of rotatable bonds is 4. The Morgan fingerprint density at radius 1 is 1.11 bits per heavy atom. The van der Waals surface area contributed by atoms with Gasteiger partial charge >= 0.3 is 0 Å². The maximum absolute atomic E-state index is 11.6. The van der Waals surface area contributed by atoms with Crippen LogP contribution in [0.3, 0.4) is 0 Å². The topological polar surface area (TPSA) is 92.3 Å². The van der Waals surface area contributed by atoms with E-state index in [-0.39, 0.29) is 5.91 Å². The normalized spacial score (nSPS) is 15.7. The fraction of sp³-hybridized carbons (Fsp3) is 0.385. The number of anilines is 4. The van der Waals surface area contributed by atoms with E-state index in [1.807, 2.05) is 23.2 Å². The summed E-state index contributed by atoms with van der Waals surface area (Å²) in [4.78, 5) is 26.7. The number of fused-ring (bicyclic) bond motifs is 6. The molecule has 1 amide bonds. The first-order valence-electron chi connectivity index (χ1n) is 12.1. The third-order valence-electron chi connectivity index (χ3n) is 6.64. The average Bonchev–Trinajstić information content (AvgIpc) is 2.86. The number of nitrogens with zero attached hydrogens (tertiary/aromatic N) is 4. The number of hydrogen-bond donors (Lipinski definition) is 2. The molecule has 2 N–H and O–H groups in total. The second-order valence-electron chi connectivity index (χ2n) is 9.13. The van der Waals surface area contributed by atoms with Crippen LogP contribution in [0.25, 0.3) is 0 Å². The molecule has 0 radical (unpaired) electrons. The first-order valence-corrected chi connectivity index (χ1v) is 12.4. The van der Waals surface area contributed by atoms with Crippen molar-refractivity contribution in [1.82, 2.24) is 19.9 Å². The Labute approximate surface area is 210 Å². The highest BCUT2D eigenvalue weighted by Crippen LogP contribution is 2.30. The largest absolute Gasteiger partial charge is 0.493 e. The Morgan fingerprint density at radius 2 is 1.97 bits per heavy atom. The molecule has 1 fully saturated rings. The van der Waals surface area contributed by atoms with Gasteiger partial charge in [-0.15, -0.1) is 0 Å². The summed E-state index contributed by atoms with van der Waals surface area (Å²) in [5, 5.41) is 6.97. The van der Waals surface area contributed by atoms with Crippen LogP contribution in [0.5, 0.6) is 5.75 Å². The molecule has 6 bridgehead atoms. The number of ether oxygens (including phenoxy) is 1. The number of pyridine rings is 1. The number of likely N-dealkylation sites (tertiary alicyclic amines) is 1. The van der Waals surface area contributed by atoms with Gasteiger partial charge < -0.3 is 20.3 Å². The lowest BCUT2D eigenvalue weighted by molar-refractivity contribution is -0.130. The number of carbonyl (C=O) groups is 1. The standard InChI is InChI=1S/C26H29ClN6O2/c1-17(34)33-9-6-18(7-10-33)8-11-35-24-5-4-21-13-20(24)3-2-19-12-22(15-28-14-19)31-26-29-16-23(27)25(30-21)32-26/h4-5,12-16,18H,2-3,6-11H2,1H3,(H2,29,30,31,32). The van der Waals surface area contributed by atoms with Crippen LogP contribution in [-0.4, -0.2) is 45.5 Å². The molecule has 9 heteroatoms. The molecule has 0 spiro atoms. The van der Waals surface area contributed by atoms with Crippen molar-refractivity contribution in [1.29, 1.82) is 0 Å². The minimum absolute atomic E-state index is 0.171. The number of nitrogens with one attached hydrogen (secondary N) is 2. The van der Waals surface area contributed by atoms with Crippen LogP contribution in [0.2, 0.25) is 5.02 Å². The Balaban J connectivity index is 1.32. The van der Waals surface area contributed by atoms with E-state index in [0.29, 0.717) is 29.3 Å².